The third-order valence-corrected chi connectivity index (χ3v) is 2.32. The Balaban J connectivity index is 0.00000196. The van der Waals surface area contributed by atoms with Crippen LogP contribution in [0.5, 0.6) is 0 Å². The van der Waals surface area contributed by atoms with Crippen LogP contribution >= 0.6 is 0 Å². The van der Waals surface area contributed by atoms with Gasteiger partial charge in [-0.05, 0) is 0 Å². The second-order valence-electron chi connectivity index (χ2n) is 2.20. The molecule has 1 heterocycles. The molecule has 11 heteroatoms. The van der Waals surface area contributed by atoms with Gasteiger partial charge in [-0.25, -0.2) is 9.59 Å². The van der Waals surface area contributed by atoms with Gasteiger partial charge in [-0.15, -0.1) is 0 Å². The topological polar surface area (TPSA) is 125 Å². The van der Waals surface area contributed by atoms with Crippen LogP contribution in [-0.2, 0) is 39.6 Å². The normalized spacial score (nSPS) is 22.9. The van der Waals surface area contributed by atoms with Crippen molar-refractivity contribution in [2.24, 2.45) is 0 Å². The first-order chi connectivity index (χ1) is 6.41. The molecule has 1 aliphatic heterocycles. The largest absolute Gasteiger partial charge is 0.366 e. The van der Waals surface area contributed by atoms with Gasteiger partial charge in [-0.3, -0.25) is 14.3 Å². The molecular weight excluding hydrogens is 247 g/mol. The summed E-state index contributed by atoms with van der Waals surface area (Å²) in [7, 11) is -4.76. The number of carbonyl (C=O) groups is 2. The standard InChI is InChI=1S/C4H4O9S.Na/c5-3-1-2(14(7,8)9)4(6)11-13-12-10-3;/h2H,1H2,(H,7,8,9);. The molecule has 0 aromatic heterocycles. The van der Waals surface area contributed by atoms with E-state index in [1.165, 1.54) is 0 Å². The van der Waals surface area contributed by atoms with E-state index in [2.05, 4.69) is 19.9 Å². The molecule has 0 bridgehead atoms. The van der Waals surface area contributed by atoms with Crippen LogP contribution in [0.3, 0.4) is 0 Å². The molecule has 1 fully saturated rings. The van der Waals surface area contributed by atoms with Crippen molar-refractivity contribution in [1.82, 2.24) is 0 Å². The zero-order chi connectivity index (χ0) is 10.8. The average Bonchev–Trinajstić information content (AvgIpc) is 2.03. The first-order valence-electron chi connectivity index (χ1n) is 3.12. The van der Waals surface area contributed by atoms with E-state index in [9.17, 15) is 18.0 Å². The van der Waals surface area contributed by atoms with E-state index in [0.29, 0.717) is 0 Å². The minimum atomic E-state index is -4.76. The molecule has 0 aromatic carbocycles. The van der Waals surface area contributed by atoms with E-state index >= 15 is 0 Å². The summed E-state index contributed by atoms with van der Waals surface area (Å²) >= 11 is 0. The summed E-state index contributed by atoms with van der Waals surface area (Å²) in [4.78, 5) is 28.8. The Kier molecular flexibility index (Phi) is 5.66. The monoisotopic (exact) mass is 251 g/mol. The summed E-state index contributed by atoms with van der Waals surface area (Å²) in [6.45, 7) is 0. The second kappa shape index (κ2) is 5.75. The Labute approximate surface area is 105 Å². The van der Waals surface area contributed by atoms with Crippen LogP contribution < -0.4 is 0 Å². The van der Waals surface area contributed by atoms with Gasteiger partial charge in [0.05, 0.1) is 6.42 Å². The number of rotatable bonds is 1. The summed E-state index contributed by atoms with van der Waals surface area (Å²) in [6, 6.07) is 0. The van der Waals surface area contributed by atoms with Gasteiger partial charge in [-0.2, -0.15) is 8.42 Å². The van der Waals surface area contributed by atoms with Crippen molar-refractivity contribution in [1.29, 1.82) is 0 Å². The number of hydrogen-bond donors (Lipinski definition) is 1. The van der Waals surface area contributed by atoms with Crippen LogP contribution in [0, 0.1) is 0 Å². The number of hydrogen-bond acceptors (Lipinski definition) is 8. The molecule has 1 radical (unpaired) electrons. The Morgan fingerprint density at radius 3 is 2.27 bits per heavy atom. The average molecular weight is 251 g/mol. The van der Waals surface area contributed by atoms with E-state index < -0.39 is 33.7 Å². The molecule has 1 aliphatic rings. The smallest absolute Gasteiger partial charge is 0.285 e. The predicted molar refractivity (Wildman–Crippen MR) is 40.1 cm³/mol. The Morgan fingerprint density at radius 1 is 1.20 bits per heavy atom. The van der Waals surface area contributed by atoms with Gasteiger partial charge in [0.15, 0.2) is 5.25 Å². The minimum absolute atomic E-state index is 0. The molecular formula is C4H4NaO9S. The fourth-order valence-corrected chi connectivity index (χ4v) is 1.28. The third-order valence-electron chi connectivity index (χ3n) is 1.25. The van der Waals surface area contributed by atoms with Gasteiger partial charge in [0.25, 0.3) is 10.1 Å². The molecule has 9 nitrogen and oxygen atoms in total. The third kappa shape index (κ3) is 4.42. The van der Waals surface area contributed by atoms with Gasteiger partial charge in [0.2, 0.25) is 0 Å². The van der Waals surface area contributed by atoms with Crippen LogP contribution in [0.15, 0.2) is 0 Å². The maximum absolute atomic E-state index is 10.8. The van der Waals surface area contributed by atoms with Crippen LogP contribution in [-0.4, -0.2) is 59.7 Å². The second-order valence-corrected chi connectivity index (χ2v) is 3.80. The maximum atomic E-state index is 10.8. The quantitative estimate of drug-likeness (QED) is 0.324. The van der Waals surface area contributed by atoms with Gasteiger partial charge in [0.1, 0.15) is 0 Å². The molecule has 1 atom stereocenters. The van der Waals surface area contributed by atoms with E-state index in [4.69, 9.17) is 4.55 Å². The molecule has 1 unspecified atom stereocenters. The van der Waals surface area contributed by atoms with Crippen molar-refractivity contribution in [2.45, 2.75) is 11.7 Å². The van der Waals surface area contributed by atoms with Crippen molar-refractivity contribution in [3.8, 4) is 0 Å². The van der Waals surface area contributed by atoms with Gasteiger partial charge in [-0.1, -0.05) is 0 Å². The summed E-state index contributed by atoms with van der Waals surface area (Å²) in [5.74, 6) is -2.69. The van der Waals surface area contributed by atoms with Crippen molar-refractivity contribution >= 4 is 51.6 Å². The molecule has 1 saturated heterocycles. The molecule has 0 saturated carbocycles. The maximum Gasteiger partial charge on any atom is 0.366 e. The zero-order valence-electron chi connectivity index (χ0n) is 7.41. The van der Waals surface area contributed by atoms with E-state index in [1.54, 1.807) is 0 Å². The Hall–Kier alpha value is -0.230. The van der Waals surface area contributed by atoms with Crippen LogP contribution in [0.1, 0.15) is 6.42 Å². The minimum Gasteiger partial charge on any atom is -0.285 e. The molecule has 0 aliphatic carbocycles. The van der Waals surface area contributed by atoms with Crippen molar-refractivity contribution < 1.29 is 42.4 Å². The molecule has 15 heavy (non-hydrogen) atoms. The Morgan fingerprint density at radius 2 is 1.73 bits per heavy atom. The van der Waals surface area contributed by atoms with Crippen molar-refractivity contribution in [3.05, 3.63) is 0 Å². The van der Waals surface area contributed by atoms with E-state index in [-0.39, 0.29) is 29.6 Å². The van der Waals surface area contributed by atoms with Gasteiger partial charge in [0, 0.05) is 39.6 Å². The number of carbonyl (C=O) groups excluding carboxylic acids is 2. The van der Waals surface area contributed by atoms with Crippen molar-refractivity contribution in [3.63, 3.8) is 0 Å². The van der Waals surface area contributed by atoms with Crippen LogP contribution in [0.2, 0.25) is 0 Å². The SMILES string of the molecule is O=C1CC(S(=O)(=O)O)C(=O)OOOO1.[Na]. The summed E-state index contributed by atoms with van der Waals surface area (Å²) in [6.07, 6.45) is -0.930. The van der Waals surface area contributed by atoms with Gasteiger partial charge >= 0.3 is 11.9 Å². The van der Waals surface area contributed by atoms with Crippen LogP contribution in [0.4, 0.5) is 0 Å². The van der Waals surface area contributed by atoms with E-state index in [1.807, 2.05) is 0 Å². The van der Waals surface area contributed by atoms with Crippen molar-refractivity contribution in [2.75, 3.05) is 0 Å². The zero-order valence-corrected chi connectivity index (χ0v) is 10.2. The van der Waals surface area contributed by atoms with Gasteiger partial charge < -0.3 is 0 Å². The molecule has 0 aromatic rings. The summed E-state index contributed by atoms with van der Waals surface area (Å²) in [5, 5.41) is 4.98. The first kappa shape index (κ1) is 14.8. The fourth-order valence-electron chi connectivity index (χ4n) is 0.649. The predicted octanol–water partition coefficient (Wildman–Crippen LogP) is -1.87. The molecule has 81 valence electrons. The molecule has 1 N–H and O–H groups in total. The molecule has 1 rings (SSSR count). The molecule has 0 spiro atoms. The molecule has 0 amide bonds. The first-order valence-corrected chi connectivity index (χ1v) is 4.62. The van der Waals surface area contributed by atoms with E-state index in [0.717, 1.165) is 0 Å². The van der Waals surface area contributed by atoms with Crippen LogP contribution in [0.25, 0.3) is 0 Å². The summed E-state index contributed by atoms with van der Waals surface area (Å²) < 4.78 is 29.6. The Bertz CT molecular complexity index is 347. The summed E-state index contributed by atoms with van der Waals surface area (Å²) in [5.41, 5.74) is 0. The fraction of sp³-hybridized carbons (Fsp3) is 0.500.